The van der Waals surface area contributed by atoms with E-state index in [1.54, 1.807) is 14.2 Å². The number of ether oxygens (including phenoxy) is 3. The lowest BCUT2D eigenvalue weighted by Gasteiger charge is -2.13. The average molecular weight is 230 g/mol. The molecule has 16 heavy (non-hydrogen) atoms. The number of carbonyl (C=O) groups excluding carboxylic acids is 1. The first-order chi connectivity index (χ1) is 7.43. The molecule has 0 spiro atoms. The summed E-state index contributed by atoms with van der Waals surface area (Å²) in [5, 5.41) is 0. The summed E-state index contributed by atoms with van der Waals surface area (Å²) in [5.41, 5.74) is 0.213. The maximum Gasteiger partial charge on any atom is 0.302 e. The molecular formula is C12H22O4. The molecule has 4 heteroatoms. The summed E-state index contributed by atoms with van der Waals surface area (Å²) < 4.78 is 15.4. The average Bonchev–Trinajstić information content (AvgIpc) is 2.73. The summed E-state index contributed by atoms with van der Waals surface area (Å²) in [5.74, 6) is 0.706. The van der Waals surface area contributed by atoms with Crippen LogP contribution in [0.15, 0.2) is 0 Å². The molecular weight excluding hydrogens is 208 g/mol. The van der Waals surface area contributed by atoms with Gasteiger partial charge in [-0.25, -0.2) is 0 Å². The van der Waals surface area contributed by atoms with E-state index in [2.05, 4.69) is 13.8 Å². The van der Waals surface area contributed by atoms with Crippen molar-refractivity contribution in [3.8, 4) is 0 Å². The van der Waals surface area contributed by atoms with Gasteiger partial charge in [-0.05, 0) is 11.3 Å². The summed E-state index contributed by atoms with van der Waals surface area (Å²) >= 11 is 0. The Morgan fingerprint density at radius 3 is 2.25 bits per heavy atom. The third-order valence-corrected chi connectivity index (χ3v) is 3.73. The van der Waals surface area contributed by atoms with Crippen molar-refractivity contribution < 1.29 is 19.0 Å². The van der Waals surface area contributed by atoms with E-state index >= 15 is 0 Å². The molecule has 0 bridgehead atoms. The van der Waals surface area contributed by atoms with Crippen LogP contribution in [0.5, 0.6) is 0 Å². The fourth-order valence-electron chi connectivity index (χ4n) is 2.36. The van der Waals surface area contributed by atoms with Crippen LogP contribution in [-0.4, -0.2) is 33.1 Å². The van der Waals surface area contributed by atoms with Gasteiger partial charge >= 0.3 is 5.97 Å². The van der Waals surface area contributed by atoms with Crippen LogP contribution in [0.25, 0.3) is 0 Å². The van der Waals surface area contributed by atoms with Crippen molar-refractivity contribution in [1.29, 1.82) is 0 Å². The lowest BCUT2D eigenvalue weighted by molar-refractivity contribution is -0.141. The highest BCUT2D eigenvalue weighted by Gasteiger charge is 2.58. The van der Waals surface area contributed by atoms with E-state index in [9.17, 15) is 4.79 Å². The van der Waals surface area contributed by atoms with Gasteiger partial charge in [-0.2, -0.15) is 0 Å². The molecule has 0 heterocycles. The van der Waals surface area contributed by atoms with E-state index < -0.39 is 0 Å². The Bertz CT molecular complexity index is 245. The molecule has 1 rings (SSSR count). The van der Waals surface area contributed by atoms with Gasteiger partial charge in [0, 0.05) is 33.5 Å². The van der Waals surface area contributed by atoms with Gasteiger partial charge in [-0.1, -0.05) is 13.8 Å². The minimum absolute atomic E-state index is 0.161. The van der Waals surface area contributed by atoms with Gasteiger partial charge in [-0.3, -0.25) is 4.79 Å². The van der Waals surface area contributed by atoms with Gasteiger partial charge < -0.3 is 14.2 Å². The molecule has 0 N–H and O–H groups in total. The van der Waals surface area contributed by atoms with Crippen LogP contribution in [0.3, 0.4) is 0 Å². The van der Waals surface area contributed by atoms with Gasteiger partial charge in [0.05, 0.1) is 6.61 Å². The fraction of sp³-hybridized carbons (Fsp3) is 0.917. The number of hydrogen-bond acceptors (Lipinski definition) is 4. The molecule has 0 aliphatic heterocycles. The second-order valence-corrected chi connectivity index (χ2v) is 4.97. The molecule has 2 atom stereocenters. The summed E-state index contributed by atoms with van der Waals surface area (Å²) in [6, 6.07) is 0. The predicted molar refractivity (Wildman–Crippen MR) is 59.8 cm³/mol. The first kappa shape index (κ1) is 13.5. The molecule has 0 aromatic rings. The van der Waals surface area contributed by atoms with Crippen molar-refractivity contribution in [3.63, 3.8) is 0 Å². The SMILES string of the molecule is COC(CC1[C@H](COC(C)=O)C1(C)C)OC. The van der Waals surface area contributed by atoms with E-state index in [1.165, 1.54) is 6.92 Å². The van der Waals surface area contributed by atoms with Gasteiger partial charge in [0.25, 0.3) is 0 Å². The van der Waals surface area contributed by atoms with E-state index in [0.29, 0.717) is 18.4 Å². The van der Waals surface area contributed by atoms with E-state index in [1.807, 2.05) is 0 Å². The summed E-state index contributed by atoms with van der Waals surface area (Å²) in [4.78, 5) is 10.8. The number of methoxy groups -OCH3 is 2. The zero-order chi connectivity index (χ0) is 12.3. The number of hydrogen-bond donors (Lipinski definition) is 0. The number of carbonyl (C=O) groups is 1. The Labute approximate surface area is 97.2 Å². The Morgan fingerprint density at radius 1 is 1.25 bits per heavy atom. The van der Waals surface area contributed by atoms with Gasteiger partial charge in [0.15, 0.2) is 6.29 Å². The smallest absolute Gasteiger partial charge is 0.302 e. The van der Waals surface area contributed by atoms with Gasteiger partial charge in [0.2, 0.25) is 0 Å². The maximum atomic E-state index is 10.8. The quantitative estimate of drug-likeness (QED) is 0.516. The lowest BCUT2D eigenvalue weighted by Crippen LogP contribution is -2.15. The highest BCUT2D eigenvalue weighted by molar-refractivity contribution is 5.65. The lowest BCUT2D eigenvalue weighted by atomic mass is 10.1. The highest BCUT2D eigenvalue weighted by atomic mass is 16.7. The Kier molecular flexibility index (Phi) is 4.33. The first-order valence-electron chi connectivity index (χ1n) is 5.62. The zero-order valence-electron chi connectivity index (χ0n) is 10.8. The number of esters is 1. The van der Waals surface area contributed by atoms with Gasteiger partial charge in [0.1, 0.15) is 0 Å². The molecule has 0 radical (unpaired) electrons. The number of rotatable bonds is 6. The van der Waals surface area contributed by atoms with Crippen molar-refractivity contribution in [2.45, 2.75) is 33.5 Å². The van der Waals surface area contributed by atoms with Crippen LogP contribution >= 0.6 is 0 Å². The van der Waals surface area contributed by atoms with Crippen LogP contribution in [-0.2, 0) is 19.0 Å². The van der Waals surface area contributed by atoms with Crippen molar-refractivity contribution in [1.82, 2.24) is 0 Å². The fourth-order valence-corrected chi connectivity index (χ4v) is 2.36. The molecule has 0 amide bonds. The minimum Gasteiger partial charge on any atom is -0.466 e. The Balaban J connectivity index is 2.40. The zero-order valence-corrected chi connectivity index (χ0v) is 10.8. The van der Waals surface area contributed by atoms with Crippen molar-refractivity contribution in [2.75, 3.05) is 20.8 Å². The molecule has 1 aliphatic carbocycles. The highest BCUT2D eigenvalue weighted by Crippen LogP contribution is 2.60. The third kappa shape index (κ3) is 2.95. The van der Waals surface area contributed by atoms with Crippen LogP contribution < -0.4 is 0 Å². The standard InChI is InChI=1S/C12H22O4/c1-8(13)16-7-10-9(12(10,2)3)6-11(14-4)15-5/h9-11H,6-7H2,1-5H3/t9?,10-/m0/s1. The van der Waals surface area contributed by atoms with Crippen LogP contribution in [0, 0.1) is 17.3 Å². The van der Waals surface area contributed by atoms with Crippen molar-refractivity contribution in [3.05, 3.63) is 0 Å². The van der Waals surface area contributed by atoms with Crippen molar-refractivity contribution in [2.24, 2.45) is 17.3 Å². The monoisotopic (exact) mass is 230 g/mol. The topological polar surface area (TPSA) is 44.8 Å². The van der Waals surface area contributed by atoms with Crippen LogP contribution in [0.2, 0.25) is 0 Å². The molecule has 1 aliphatic rings. The molecule has 1 unspecified atom stereocenters. The molecule has 1 saturated carbocycles. The normalized spacial score (nSPS) is 26.9. The summed E-state index contributed by atoms with van der Waals surface area (Å²) in [6.07, 6.45) is 0.693. The first-order valence-corrected chi connectivity index (χ1v) is 5.62. The largest absolute Gasteiger partial charge is 0.466 e. The van der Waals surface area contributed by atoms with E-state index in [0.717, 1.165) is 6.42 Å². The maximum absolute atomic E-state index is 10.8. The van der Waals surface area contributed by atoms with Crippen molar-refractivity contribution >= 4 is 5.97 Å². The molecule has 1 fully saturated rings. The Hall–Kier alpha value is -0.610. The predicted octanol–water partition coefficient (Wildman–Crippen LogP) is 1.83. The van der Waals surface area contributed by atoms with E-state index in [4.69, 9.17) is 14.2 Å². The third-order valence-electron chi connectivity index (χ3n) is 3.73. The van der Waals surface area contributed by atoms with E-state index in [-0.39, 0.29) is 17.7 Å². The second-order valence-electron chi connectivity index (χ2n) is 4.97. The van der Waals surface area contributed by atoms with Gasteiger partial charge in [-0.15, -0.1) is 0 Å². The second kappa shape index (κ2) is 5.15. The Morgan fingerprint density at radius 2 is 1.81 bits per heavy atom. The summed E-state index contributed by atoms with van der Waals surface area (Å²) in [7, 11) is 3.29. The molecule has 94 valence electrons. The van der Waals surface area contributed by atoms with Crippen LogP contribution in [0.4, 0.5) is 0 Å². The molecule has 0 aromatic carbocycles. The molecule has 0 aromatic heterocycles. The summed E-state index contributed by atoms with van der Waals surface area (Å²) in [6.45, 7) is 6.33. The minimum atomic E-state index is -0.212. The molecule has 0 saturated heterocycles. The molecule has 4 nitrogen and oxygen atoms in total. The van der Waals surface area contributed by atoms with Crippen LogP contribution in [0.1, 0.15) is 27.2 Å².